The first-order chi connectivity index (χ1) is 17.2. The molecular weight excluding hydrogens is 450 g/mol. The molecule has 0 aliphatic heterocycles. The van der Waals surface area contributed by atoms with Crippen molar-refractivity contribution < 1.29 is 14.4 Å². The van der Waals surface area contributed by atoms with E-state index in [1.165, 1.54) is 32.1 Å². The molecule has 0 fully saturated rings. The molecule has 0 radical (unpaired) electrons. The first-order valence-electron chi connectivity index (χ1n) is 13.4. The molecule has 0 aliphatic carbocycles. The molecule has 2 N–H and O–H groups in total. The van der Waals surface area contributed by atoms with Gasteiger partial charge in [0.1, 0.15) is 0 Å². The lowest BCUT2D eigenvalue weighted by Crippen LogP contribution is -2.42. The zero-order valence-electron chi connectivity index (χ0n) is 22.6. The SMILES string of the molecule is CCCCCCCCCC(=O)Nc1ccc(C(=O)Nc2ccc(C(=O)N(C(C)C)C(C)C)cc2)cc1. The van der Waals surface area contributed by atoms with Crippen molar-refractivity contribution >= 4 is 29.1 Å². The van der Waals surface area contributed by atoms with Crippen LogP contribution < -0.4 is 10.6 Å². The first kappa shape index (κ1) is 29.1. The number of anilines is 2. The van der Waals surface area contributed by atoms with Gasteiger partial charge >= 0.3 is 0 Å². The summed E-state index contributed by atoms with van der Waals surface area (Å²) in [6.45, 7) is 10.2. The van der Waals surface area contributed by atoms with Crippen LogP contribution in [0.15, 0.2) is 48.5 Å². The summed E-state index contributed by atoms with van der Waals surface area (Å²) in [5.41, 5.74) is 2.38. The lowest BCUT2D eigenvalue weighted by Gasteiger charge is -2.30. The van der Waals surface area contributed by atoms with Gasteiger partial charge in [-0.3, -0.25) is 14.4 Å². The molecular formula is C30H43N3O3. The maximum absolute atomic E-state index is 12.8. The van der Waals surface area contributed by atoms with Crippen molar-refractivity contribution in [3.05, 3.63) is 59.7 Å². The topological polar surface area (TPSA) is 78.5 Å². The van der Waals surface area contributed by atoms with Crippen molar-refractivity contribution in [2.45, 2.75) is 98.1 Å². The van der Waals surface area contributed by atoms with Gasteiger partial charge < -0.3 is 15.5 Å². The summed E-state index contributed by atoms with van der Waals surface area (Å²) in [5.74, 6) is -0.271. The highest BCUT2D eigenvalue weighted by molar-refractivity contribution is 6.05. The van der Waals surface area contributed by atoms with Crippen molar-refractivity contribution in [3.63, 3.8) is 0 Å². The average Bonchev–Trinajstić information content (AvgIpc) is 2.84. The molecule has 0 aliphatic rings. The molecule has 3 amide bonds. The van der Waals surface area contributed by atoms with E-state index in [1.54, 1.807) is 48.5 Å². The van der Waals surface area contributed by atoms with Crippen molar-refractivity contribution in [1.29, 1.82) is 0 Å². The molecule has 0 aromatic heterocycles. The Morgan fingerprint density at radius 1 is 0.667 bits per heavy atom. The molecule has 6 nitrogen and oxygen atoms in total. The van der Waals surface area contributed by atoms with E-state index in [1.807, 2.05) is 32.6 Å². The van der Waals surface area contributed by atoms with Gasteiger partial charge in [-0.1, -0.05) is 45.4 Å². The number of amides is 3. The third-order valence-electron chi connectivity index (χ3n) is 6.18. The molecule has 36 heavy (non-hydrogen) atoms. The van der Waals surface area contributed by atoms with Gasteiger partial charge in [0.15, 0.2) is 0 Å². The maximum atomic E-state index is 12.8. The van der Waals surface area contributed by atoms with Crippen LogP contribution in [0.3, 0.4) is 0 Å². The Bertz CT molecular complexity index is 958. The number of benzene rings is 2. The van der Waals surface area contributed by atoms with E-state index in [0.717, 1.165) is 12.8 Å². The Morgan fingerprint density at radius 3 is 1.67 bits per heavy atom. The molecule has 0 unspecified atom stereocenters. The highest BCUT2D eigenvalue weighted by Crippen LogP contribution is 2.17. The van der Waals surface area contributed by atoms with Crippen LogP contribution in [0.4, 0.5) is 11.4 Å². The number of carbonyl (C=O) groups excluding carboxylic acids is 3. The lowest BCUT2D eigenvalue weighted by atomic mass is 10.1. The summed E-state index contributed by atoms with van der Waals surface area (Å²) < 4.78 is 0. The first-order valence-corrected chi connectivity index (χ1v) is 13.4. The summed E-state index contributed by atoms with van der Waals surface area (Å²) >= 11 is 0. The van der Waals surface area contributed by atoms with E-state index in [2.05, 4.69) is 17.6 Å². The molecule has 0 heterocycles. The van der Waals surface area contributed by atoms with E-state index in [0.29, 0.717) is 28.9 Å². The molecule has 0 saturated heterocycles. The fourth-order valence-corrected chi connectivity index (χ4v) is 4.28. The molecule has 2 rings (SSSR count). The van der Waals surface area contributed by atoms with Gasteiger partial charge in [0.25, 0.3) is 11.8 Å². The Labute approximate surface area is 216 Å². The van der Waals surface area contributed by atoms with Crippen molar-refractivity contribution in [1.82, 2.24) is 4.90 Å². The van der Waals surface area contributed by atoms with Gasteiger partial charge in [0.05, 0.1) is 0 Å². The van der Waals surface area contributed by atoms with Gasteiger partial charge in [0.2, 0.25) is 5.91 Å². The molecule has 0 bridgehead atoms. The van der Waals surface area contributed by atoms with Crippen LogP contribution in [0, 0.1) is 0 Å². The van der Waals surface area contributed by atoms with Crippen LogP contribution in [0.5, 0.6) is 0 Å². The quantitative estimate of drug-likeness (QED) is 0.271. The molecule has 196 valence electrons. The summed E-state index contributed by atoms with van der Waals surface area (Å²) in [7, 11) is 0. The predicted octanol–water partition coefficient (Wildman–Crippen LogP) is 7.28. The van der Waals surface area contributed by atoms with Crippen LogP contribution >= 0.6 is 0 Å². The van der Waals surface area contributed by atoms with E-state index in [9.17, 15) is 14.4 Å². The van der Waals surface area contributed by atoms with Crippen molar-refractivity contribution in [2.75, 3.05) is 10.6 Å². The van der Waals surface area contributed by atoms with E-state index >= 15 is 0 Å². The van der Waals surface area contributed by atoms with Gasteiger partial charge in [-0.05, 0) is 82.6 Å². The summed E-state index contributed by atoms with van der Waals surface area (Å²) in [5, 5.41) is 5.76. The number of unbranched alkanes of at least 4 members (excludes halogenated alkanes) is 6. The lowest BCUT2D eigenvalue weighted by molar-refractivity contribution is -0.116. The summed E-state index contributed by atoms with van der Waals surface area (Å²) in [6.07, 6.45) is 8.74. The number of hydrogen-bond acceptors (Lipinski definition) is 3. The molecule has 0 spiro atoms. The summed E-state index contributed by atoms with van der Waals surface area (Å²) in [6, 6.07) is 14.0. The second-order valence-corrected chi connectivity index (χ2v) is 9.93. The third-order valence-corrected chi connectivity index (χ3v) is 6.18. The zero-order valence-corrected chi connectivity index (χ0v) is 22.6. The smallest absolute Gasteiger partial charge is 0.255 e. The monoisotopic (exact) mass is 493 g/mol. The number of nitrogens with one attached hydrogen (secondary N) is 2. The van der Waals surface area contributed by atoms with Crippen LogP contribution in [0.1, 0.15) is 107 Å². The van der Waals surface area contributed by atoms with Crippen molar-refractivity contribution in [2.24, 2.45) is 0 Å². The number of rotatable bonds is 14. The largest absolute Gasteiger partial charge is 0.334 e. The number of nitrogens with zero attached hydrogens (tertiary/aromatic N) is 1. The fraction of sp³-hybridized carbons (Fsp3) is 0.500. The molecule has 2 aromatic rings. The summed E-state index contributed by atoms with van der Waals surface area (Å²) in [4.78, 5) is 39.5. The van der Waals surface area contributed by atoms with Crippen LogP contribution in [0.25, 0.3) is 0 Å². The molecule has 0 atom stereocenters. The van der Waals surface area contributed by atoms with Crippen LogP contribution in [0.2, 0.25) is 0 Å². The Hall–Kier alpha value is -3.15. The van der Waals surface area contributed by atoms with Gasteiger partial charge in [-0.25, -0.2) is 0 Å². The van der Waals surface area contributed by atoms with E-state index < -0.39 is 0 Å². The molecule has 0 saturated carbocycles. The Morgan fingerprint density at radius 2 is 1.14 bits per heavy atom. The Kier molecular flexibility index (Phi) is 12.2. The van der Waals surface area contributed by atoms with Crippen LogP contribution in [-0.4, -0.2) is 34.7 Å². The highest BCUT2D eigenvalue weighted by Gasteiger charge is 2.21. The second-order valence-electron chi connectivity index (χ2n) is 9.93. The minimum absolute atomic E-state index is 0.00361. The third kappa shape index (κ3) is 9.48. The minimum Gasteiger partial charge on any atom is -0.334 e. The number of carbonyl (C=O) groups is 3. The maximum Gasteiger partial charge on any atom is 0.255 e. The van der Waals surface area contributed by atoms with Gasteiger partial charge in [-0.2, -0.15) is 0 Å². The normalized spacial score (nSPS) is 11.0. The van der Waals surface area contributed by atoms with Gasteiger partial charge in [-0.15, -0.1) is 0 Å². The van der Waals surface area contributed by atoms with E-state index in [-0.39, 0.29) is 29.8 Å². The van der Waals surface area contributed by atoms with Crippen molar-refractivity contribution in [3.8, 4) is 0 Å². The molecule has 2 aromatic carbocycles. The highest BCUT2D eigenvalue weighted by atomic mass is 16.2. The standard InChI is InChI=1S/C30H43N3O3/c1-6-7-8-9-10-11-12-13-28(34)31-26-18-14-24(15-19-26)29(35)32-27-20-16-25(17-21-27)30(36)33(22(2)3)23(4)5/h14-23H,6-13H2,1-5H3,(H,31,34)(H,32,35). The molecule has 6 heteroatoms. The fourth-order valence-electron chi connectivity index (χ4n) is 4.28. The average molecular weight is 494 g/mol. The zero-order chi connectivity index (χ0) is 26.5. The number of hydrogen-bond donors (Lipinski definition) is 2. The van der Waals surface area contributed by atoms with E-state index in [4.69, 9.17) is 0 Å². The minimum atomic E-state index is -0.249. The Balaban J connectivity index is 1.83. The van der Waals surface area contributed by atoms with Crippen LogP contribution in [-0.2, 0) is 4.79 Å². The predicted molar refractivity (Wildman–Crippen MR) is 149 cm³/mol. The second kappa shape index (κ2) is 15.1. The van der Waals surface area contributed by atoms with Gasteiger partial charge in [0, 0.05) is 41.0 Å².